The molecule has 0 aliphatic rings. The van der Waals surface area contributed by atoms with Gasteiger partial charge in [-0.2, -0.15) is 0 Å². The Morgan fingerprint density at radius 2 is 1.85 bits per heavy atom. The van der Waals surface area contributed by atoms with Crippen molar-refractivity contribution >= 4 is 32.9 Å². The van der Waals surface area contributed by atoms with Crippen molar-refractivity contribution < 1.29 is 13.7 Å². The first-order valence-corrected chi connectivity index (χ1v) is 10.5. The number of halogens is 1. The highest BCUT2D eigenvalue weighted by atomic mass is 79.9. The fourth-order valence-electron chi connectivity index (χ4n) is 2.73. The summed E-state index contributed by atoms with van der Waals surface area (Å²) in [6, 6.07) is 11.3. The molecule has 0 spiro atoms. The second-order valence-electron chi connectivity index (χ2n) is 7.32. The van der Waals surface area contributed by atoms with Crippen LogP contribution in [0.2, 0.25) is 0 Å². The Bertz CT molecular complexity index is 834. The number of methoxy groups -OCH3 is 1. The van der Waals surface area contributed by atoms with Crippen LogP contribution in [0.3, 0.4) is 0 Å². The van der Waals surface area contributed by atoms with E-state index in [4.69, 9.17) is 4.74 Å². The number of aromatic nitrogens is 1. The summed E-state index contributed by atoms with van der Waals surface area (Å²) in [5.74, 6) is -0.415. The fourth-order valence-corrected chi connectivity index (χ4v) is 3.91. The Morgan fingerprint density at radius 1 is 1.22 bits per heavy atom. The summed E-state index contributed by atoms with van der Waals surface area (Å²) < 4.78 is 21.7. The Labute approximate surface area is 171 Å². The number of aryl methyl sites for hydroxylation is 1. The molecular formula is C20H25BrN2O3S. The number of nitrogens with one attached hydrogen (secondary N) is 1. The van der Waals surface area contributed by atoms with Gasteiger partial charge in [-0.3, -0.25) is 9.78 Å². The van der Waals surface area contributed by atoms with E-state index in [2.05, 4.69) is 25.6 Å². The third kappa shape index (κ3) is 5.03. The van der Waals surface area contributed by atoms with Gasteiger partial charge in [0, 0.05) is 10.7 Å². The Balaban J connectivity index is 2.75. The number of esters is 1. The van der Waals surface area contributed by atoms with Gasteiger partial charge in [0.25, 0.3) is 0 Å². The van der Waals surface area contributed by atoms with Gasteiger partial charge in [0.2, 0.25) is 0 Å². The number of carbonyl (C=O) groups excluding carboxylic acids is 1. The van der Waals surface area contributed by atoms with Gasteiger partial charge in [0.15, 0.2) is 0 Å². The van der Waals surface area contributed by atoms with E-state index in [9.17, 15) is 9.00 Å². The lowest BCUT2D eigenvalue weighted by Crippen LogP contribution is -2.51. The average molecular weight is 453 g/mol. The quantitative estimate of drug-likeness (QED) is 0.672. The highest BCUT2D eigenvalue weighted by molar-refractivity contribution is 9.10. The summed E-state index contributed by atoms with van der Waals surface area (Å²) in [7, 11) is -0.101. The van der Waals surface area contributed by atoms with Crippen LogP contribution in [0.25, 0.3) is 0 Å². The molecule has 2 rings (SSSR count). The molecule has 1 aromatic carbocycles. The molecular weight excluding hydrogens is 428 g/mol. The summed E-state index contributed by atoms with van der Waals surface area (Å²) in [6.45, 7) is 7.57. The Hall–Kier alpha value is -1.57. The van der Waals surface area contributed by atoms with Crippen molar-refractivity contribution in [2.24, 2.45) is 0 Å². The van der Waals surface area contributed by atoms with Crippen molar-refractivity contribution in [2.75, 3.05) is 7.11 Å². The summed E-state index contributed by atoms with van der Waals surface area (Å²) in [5, 5.41) is 0. The number of benzene rings is 1. The predicted octanol–water partition coefficient (Wildman–Crippen LogP) is 4.01. The van der Waals surface area contributed by atoms with Crippen LogP contribution in [0.15, 0.2) is 47.1 Å². The maximum absolute atomic E-state index is 13.1. The second kappa shape index (κ2) is 8.63. The van der Waals surface area contributed by atoms with E-state index in [-0.39, 0.29) is 6.42 Å². The van der Waals surface area contributed by atoms with Gasteiger partial charge in [-0.05, 0) is 57.0 Å². The van der Waals surface area contributed by atoms with Gasteiger partial charge in [-0.15, -0.1) is 0 Å². The molecule has 0 saturated heterocycles. The van der Waals surface area contributed by atoms with Crippen molar-refractivity contribution in [2.45, 2.75) is 44.4 Å². The van der Waals surface area contributed by atoms with Crippen molar-refractivity contribution in [1.82, 2.24) is 9.71 Å². The van der Waals surface area contributed by atoms with E-state index in [1.165, 1.54) is 7.11 Å². The minimum Gasteiger partial charge on any atom is -0.469 e. The van der Waals surface area contributed by atoms with Crippen LogP contribution in [0.5, 0.6) is 0 Å². The topological polar surface area (TPSA) is 68.3 Å². The molecule has 0 aliphatic carbocycles. The van der Waals surface area contributed by atoms with E-state index in [1.807, 2.05) is 64.1 Å². The molecule has 146 valence electrons. The fraction of sp³-hybridized carbons (Fsp3) is 0.400. The number of hydrogen-bond acceptors (Lipinski definition) is 4. The molecule has 5 nitrogen and oxygen atoms in total. The molecule has 0 bridgehead atoms. The van der Waals surface area contributed by atoms with Crippen LogP contribution in [0, 0.1) is 6.92 Å². The molecule has 0 aliphatic heterocycles. The lowest BCUT2D eigenvalue weighted by molar-refractivity contribution is -0.141. The lowest BCUT2D eigenvalue weighted by Gasteiger charge is -2.36. The molecule has 2 aromatic rings. The van der Waals surface area contributed by atoms with Gasteiger partial charge in [0.1, 0.15) is 5.54 Å². The first kappa shape index (κ1) is 21.7. The summed E-state index contributed by atoms with van der Waals surface area (Å²) >= 11 is 3.44. The first-order chi connectivity index (χ1) is 12.6. The standard InChI is InChI=1S/C20H25BrN2O3S/c1-14-7-6-12-22-18(14)20(13-17(24)26-5,23-27(25)19(2,3)4)15-8-10-16(21)11-9-15/h6-12,23H,13H2,1-5H3. The smallest absolute Gasteiger partial charge is 0.308 e. The summed E-state index contributed by atoms with van der Waals surface area (Å²) in [4.78, 5) is 16.9. The summed E-state index contributed by atoms with van der Waals surface area (Å²) in [6.07, 6.45) is 1.64. The number of carbonyl (C=O) groups is 1. The van der Waals surface area contributed by atoms with Crippen molar-refractivity contribution in [3.05, 3.63) is 63.9 Å². The van der Waals surface area contributed by atoms with Crippen molar-refractivity contribution in [1.29, 1.82) is 0 Å². The minimum atomic E-state index is -1.45. The second-order valence-corrected chi connectivity index (χ2v) is 10.2. The molecule has 2 unspecified atom stereocenters. The molecule has 0 radical (unpaired) electrons. The SMILES string of the molecule is COC(=O)CC(NS(=O)C(C)(C)C)(c1ccc(Br)cc1)c1ncccc1C. The molecule has 1 aromatic heterocycles. The van der Waals surface area contributed by atoms with E-state index >= 15 is 0 Å². The molecule has 1 heterocycles. The van der Waals surface area contributed by atoms with Gasteiger partial charge < -0.3 is 4.74 Å². The normalized spacial score (nSPS) is 15.0. The van der Waals surface area contributed by atoms with E-state index in [0.29, 0.717) is 5.69 Å². The average Bonchev–Trinajstić information content (AvgIpc) is 2.61. The lowest BCUT2D eigenvalue weighted by atomic mass is 9.82. The Kier molecular flexibility index (Phi) is 6.94. The zero-order valence-corrected chi connectivity index (χ0v) is 18.6. The number of nitrogens with zero attached hydrogens (tertiary/aromatic N) is 1. The molecule has 1 N–H and O–H groups in total. The van der Waals surface area contributed by atoms with Gasteiger partial charge in [0.05, 0.1) is 35.0 Å². The van der Waals surface area contributed by atoms with Gasteiger partial charge in [-0.25, -0.2) is 8.93 Å². The van der Waals surface area contributed by atoms with Crippen molar-refractivity contribution in [3.8, 4) is 0 Å². The van der Waals surface area contributed by atoms with Crippen LogP contribution in [0.1, 0.15) is 44.0 Å². The number of hydrogen-bond donors (Lipinski definition) is 1. The highest BCUT2D eigenvalue weighted by Crippen LogP contribution is 2.36. The number of ether oxygens (including phenoxy) is 1. The highest BCUT2D eigenvalue weighted by Gasteiger charge is 2.42. The molecule has 27 heavy (non-hydrogen) atoms. The third-order valence-electron chi connectivity index (χ3n) is 4.21. The predicted molar refractivity (Wildman–Crippen MR) is 112 cm³/mol. The monoisotopic (exact) mass is 452 g/mol. The molecule has 2 atom stereocenters. The molecule has 0 saturated carbocycles. The maximum atomic E-state index is 13.1. The number of pyridine rings is 1. The van der Waals surface area contributed by atoms with E-state index < -0.39 is 27.2 Å². The largest absolute Gasteiger partial charge is 0.469 e. The van der Waals surface area contributed by atoms with E-state index in [1.54, 1.807) is 6.20 Å². The van der Waals surface area contributed by atoms with Crippen LogP contribution in [-0.4, -0.2) is 27.0 Å². The summed E-state index contributed by atoms with van der Waals surface area (Å²) in [5.41, 5.74) is 1.24. The van der Waals surface area contributed by atoms with Crippen LogP contribution in [-0.2, 0) is 26.1 Å². The van der Waals surface area contributed by atoms with E-state index in [0.717, 1.165) is 15.6 Å². The van der Waals surface area contributed by atoms with Crippen LogP contribution >= 0.6 is 15.9 Å². The Morgan fingerprint density at radius 3 is 2.37 bits per heavy atom. The first-order valence-electron chi connectivity index (χ1n) is 8.55. The zero-order chi connectivity index (χ0) is 20.2. The molecule has 0 amide bonds. The molecule has 7 heteroatoms. The van der Waals surface area contributed by atoms with Crippen LogP contribution in [0.4, 0.5) is 0 Å². The number of rotatable bonds is 6. The third-order valence-corrected chi connectivity index (χ3v) is 6.39. The molecule has 0 fully saturated rings. The zero-order valence-electron chi connectivity index (χ0n) is 16.2. The van der Waals surface area contributed by atoms with Crippen LogP contribution < -0.4 is 4.72 Å². The maximum Gasteiger partial charge on any atom is 0.308 e. The van der Waals surface area contributed by atoms with Gasteiger partial charge in [-0.1, -0.05) is 34.1 Å². The van der Waals surface area contributed by atoms with Gasteiger partial charge >= 0.3 is 5.97 Å². The van der Waals surface area contributed by atoms with Crippen molar-refractivity contribution in [3.63, 3.8) is 0 Å². The minimum absolute atomic E-state index is 0.0369.